The van der Waals surface area contributed by atoms with Gasteiger partial charge in [0.2, 0.25) is 0 Å². The Morgan fingerprint density at radius 2 is 1.48 bits per heavy atom. The maximum absolute atomic E-state index is 13.2. The van der Waals surface area contributed by atoms with Gasteiger partial charge in [-0.25, -0.2) is 8.42 Å². The molecule has 1 N–H and O–H groups in total. The molecule has 0 saturated heterocycles. The average Bonchev–Trinajstić information content (AvgIpc) is 2.46. The molecule has 0 atom stereocenters. The Morgan fingerprint density at radius 3 is 1.96 bits per heavy atom. The Kier molecular flexibility index (Phi) is 5.12. The highest BCUT2D eigenvalue weighted by Gasteiger charge is 2.35. The highest BCUT2D eigenvalue weighted by molar-refractivity contribution is 7.92. The summed E-state index contributed by atoms with van der Waals surface area (Å²) in [5.41, 5.74) is 0.792. The normalized spacial score (nSPS) is 12.3. The Labute approximate surface area is 149 Å². The summed E-state index contributed by atoms with van der Waals surface area (Å²) in [6.07, 6.45) is -4.74. The molecule has 0 aromatic heterocycles. The van der Waals surface area contributed by atoms with E-state index in [9.17, 15) is 21.6 Å². The zero-order valence-electron chi connectivity index (χ0n) is 14.0. The largest absolute Gasteiger partial charge is 0.418 e. The first kappa shape index (κ1) is 19.6. The fourth-order valence-electron chi connectivity index (χ4n) is 2.62. The van der Waals surface area contributed by atoms with Crippen LogP contribution >= 0.6 is 11.6 Å². The van der Waals surface area contributed by atoms with Gasteiger partial charge in [-0.2, -0.15) is 13.2 Å². The third-order valence-corrected chi connectivity index (χ3v) is 5.97. The summed E-state index contributed by atoms with van der Waals surface area (Å²) >= 11 is 5.63. The summed E-state index contributed by atoms with van der Waals surface area (Å²) in [4.78, 5) is -0.00641. The van der Waals surface area contributed by atoms with Crippen LogP contribution in [0.3, 0.4) is 0 Å². The van der Waals surface area contributed by atoms with Gasteiger partial charge in [0, 0.05) is 5.02 Å². The summed E-state index contributed by atoms with van der Waals surface area (Å²) < 4.78 is 67.3. The number of hydrogen-bond donors (Lipinski definition) is 1. The minimum atomic E-state index is -4.74. The van der Waals surface area contributed by atoms with Crippen molar-refractivity contribution in [1.29, 1.82) is 0 Å². The molecule has 136 valence electrons. The lowest BCUT2D eigenvalue weighted by Gasteiger charge is -2.19. The molecule has 0 saturated carbocycles. The number of rotatable bonds is 3. The second-order valence-corrected chi connectivity index (χ2v) is 7.94. The molecule has 0 amide bonds. The summed E-state index contributed by atoms with van der Waals surface area (Å²) in [6, 6.07) is 4.75. The van der Waals surface area contributed by atoms with E-state index in [0.717, 1.165) is 17.2 Å². The monoisotopic (exact) mass is 391 g/mol. The lowest BCUT2D eigenvalue weighted by Crippen LogP contribution is -2.19. The molecule has 2 rings (SSSR count). The van der Waals surface area contributed by atoms with Gasteiger partial charge >= 0.3 is 6.18 Å². The van der Waals surface area contributed by atoms with Gasteiger partial charge in [-0.3, -0.25) is 4.72 Å². The lowest BCUT2D eigenvalue weighted by molar-refractivity contribution is -0.136. The van der Waals surface area contributed by atoms with Crippen LogP contribution in [0.15, 0.2) is 29.2 Å². The number of anilines is 1. The first-order chi connectivity index (χ1) is 11.3. The molecule has 25 heavy (non-hydrogen) atoms. The number of halogens is 4. The number of nitrogens with one attached hydrogen (secondary N) is 1. The van der Waals surface area contributed by atoms with E-state index < -0.39 is 27.5 Å². The molecule has 0 heterocycles. The van der Waals surface area contributed by atoms with E-state index in [2.05, 4.69) is 4.72 Å². The van der Waals surface area contributed by atoms with Crippen LogP contribution in [0.4, 0.5) is 18.9 Å². The van der Waals surface area contributed by atoms with Crippen LogP contribution in [0.1, 0.15) is 27.8 Å². The van der Waals surface area contributed by atoms with Gasteiger partial charge in [-0.1, -0.05) is 17.7 Å². The zero-order chi connectivity index (χ0) is 19.2. The zero-order valence-corrected chi connectivity index (χ0v) is 15.6. The molecule has 2 aromatic carbocycles. The van der Waals surface area contributed by atoms with E-state index in [4.69, 9.17) is 11.6 Å². The van der Waals surface area contributed by atoms with Crippen molar-refractivity contribution in [1.82, 2.24) is 0 Å². The average molecular weight is 392 g/mol. The smallest absolute Gasteiger partial charge is 0.279 e. The van der Waals surface area contributed by atoms with Crippen LogP contribution < -0.4 is 4.72 Å². The molecule has 2 aromatic rings. The van der Waals surface area contributed by atoms with Gasteiger partial charge in [-0.05, 0) is 68.1 Å². The minimum Gasteiger partial charge on any atom is -0.279 e. The van der Waals surface area contributed by atoms with E-state index in [-0.39, 0.29) is 9.92 Å². The number of alkyl halides is 3. The van der Waals surface area contributed by atoms with E-state index in [1.165, 1.54) is 6.07 Å². The van der Waals surface area contributed by atoms with Crippen molar-refractivity contribution in [2.45, 2.75) is 38.8 Å². The van der Waals surface area contributed by atoms with Crippen molar-refractivity contribution in [2.24, 2.45) is 0 Å². The summed E-state index contributed by atoms with van der Waals surface area (Å²) in [5.74, 6) is 0. The highest BCUT2D eigenvalue weighted by Crippen LogP contribution is 2.38. The van der Waals surface area contributed by atoms with Gasteiger partial charge in [0.1, 0.15) is 0 Å². The minimum absolute atomic E-state index is 0.00641. The number of sulfonamides is 1. The Morgan fingerprint density at radius 1 is 0.960 bits per heavy atom. The summed E-state index contributed by atoms with van der Waals surface area (Å²) in [5, 5.41) is -0.131. The van der Waals surface area contributed by atoms with E-state index in [0.29, 0.717) is 17.2 Å². The standard InChI is InChI=1S/C17H17ClF3NO2S/c1-9-7-10(2)12(4)16(11(9)3)25(23,24)22-15-6-5-13(18)8-14(15)17(19,20)21/h5-8,22H,1-4H3. The molecule has 0 radical (unpaired) electrons. The molecule has 3 nitrogen and oxygen atoms in total. The van der Waals surface area contributed by atoms with Gasteiger partial charge in [0.05, 0.1) is 16.1 Å². The SMILES string of the molecule is Cc1cc(C)c(C)c(S(=O)(=O)Nc2ccc(Cl)cc2C(F)(F)F)c1C. The molecular formula is C17H17ClF3NO2S. The predicted octanol–water partition coefficient (Wildman–Crippen LogP) is 5.39. The van der Waals surface area contributed by atoms with Crippen molar-refractivity contribution in [3.05, 3.63) is 57.1 Å². The number of hydrogen-bond acceptors (Lipinski definition) is 2. The topological polar surface area (TPSA) is 46.2 Å². The summed E-state index contributed by atoms with van der Waals surface area (Å²) in [6.45, 7) is 6.76. The molecule has 8 heteroatoms. The van der Waals surface area contributed by atoms with Crippen molar-refractivity contribution in [2.75, 3.05) is 4.72 Å². The quantitative estimate of drug-likeness (QED) is 0.762. The second-order valence-electron chi connectivity index (χ2n) is 5.88. The molecule has 0 bridgehead atoms. The van der Waals surface area contributed by atoms with E-state index in [1.54, 1.807) is 27.7 Å². The molecule has 0 fully saturated rings. The molecule has 0 aliphatic rings. The Hall–Kier alpha value is -1.73. The van der Waals surface area contributed by atoms with Crippen LogP contribution in [-0.4, -0.2) is 8.42 Å². The predicted molar refractivity (Wildman–Crippen MR) is 92.7 cm³/mol. The summed E-state index contributed by atoms with van der Waals surface area (Å²) in [7, 11) is -4.21. The van der Waals surface area contributed by atoms with Crippen LogP contribution in [0, 0.1) is 27.7 Å². The molecule has 0 aliphatic carbocycles. The van der Waals surface area contributed by atoms with Gasteiger partial charge < -0.3 is 0 Å². The van der Waals surface area contributed by atoms with E-state index in [1.807, 2.05) is 6.07 Å². The van der Waals surface area contributed by atoms with Gasteiger partial charge in [0.25, 0.3) is 10.0 Å². The Bertz CT molecular complexity index is 912. The van der Waals surface area contributed by atoms with Crippen LogP contribution in [-0.2, 0) is 16.2 Å². The third-order valence-electron chi connectivity index (χ3n) is 4.10. The fourth-order valence-corrected chi connectivity index (χ4v) is 4.49. The molecule has 0 unspecified atom stereocenters. The molecular weight excluding hydrogens is 375 g/mol. The third kappa shape index (κ3) is 3.93. The second kappa shape index (κ2) is 6.53. The van der Waals surface area contributed by atoms with Gasteiger partial charge in [-0.15, -0.1) is 0 Å². The van der Waals surface area contributed by atoms with Crippen LogP contribution in [0.5, 0.6) is 0 Å². The fraction of sp³-hybridized carbons (Fsp3) is 0.294. The maximum atomic E-state index is 13.2. The van der Waals surface area contributed by atoms with Gasteiger partial charge in [0.15, 0.2) is 0 Å². The van der Waals surface area contributed by atoms with Crippen LogP contribution in [0.25, 0.3) is 0 Å². The van der Waals surface area contributed by atoms with Crippen molar-refractivity contribution >= 4 is 27.3 Å². The highest BCUT2D eigenvalue weighted by atomic mass is 35.5. The Balaban J connectivity index is 2.63. The molecule has 0 spiro atoms. The van der Waals surface area contributed by atoms with Crippen molar-refractivity contribution < 1.29 is 21.6 Å². The van der Waals surface area contributed by atoms with Crippen molar-refractivity contribution in [3.63, 3.8) is 0 Å². The number of aryl methyl sites for hydroxylation is 2. The molecule has 0 aliphatic heterocycles. The van der Waals surface area contributed by atoms with E-state index >= 15 is 0 Å². The maximum Gasteiger partial charge on any atom is 0.418 e. The first-order valence-electron chi connectivity index (χ1n) is 7.31. The number of benzene rings is 2. The van der Waals surface area contributed by atoms with Crippen molar-refractivity contribution in [3.8, 4) is 0 Å². The lowest BCUT2D eigenvalue weighted by atomic mass is 10.0. The first-order valence-corrected chi connectivity index (χ1v) is 9.17. The van der Waals surface area contributed by atoms with Crippen LogP contribution in [0.2, 0.25) is 5.02 Å².